The topological polar surface area (TPSA) is 15.3 Å². The third-order valence-corrected chi connectivity index (χ3v) is 6.34. The van der Waals surface area contributed by atoms with Gasteiger partial charge in [0.2, 0.25) is 0 Å². The summed E-state index contributed by atoms with van der Waals surface area (Å²) in [6, 6.07) is 0. The summed E-state index contributed by atoms with van der Waals surface area (Å²) >= 11 is 0. The maximum atomic E-state index is 3.62. The van der Waals surface area contributed by atoms with Crippen molar-refractivity contribution in [3.63, 3.8) is 0 Å². The average Bonchev–Trinajstić information content (AvgIpc) is 3.02. The smallest absolute Gasteiger partial charge is 0.0329 e. The minimum absolute atomic E-state index is 0.458. The Morgan fingerprint density at radius 1 is 1.17 bits per heavy atom. The molecule has 0 spiro atoms. The molecule has 1 heterocycles. The zero-order valence-corrected chi connectivity index (χ0v) is 12.3. The number of hydrogen-bond acceptors (Lipinski definition) is 2. The summed E-state index contributed by atoms with van der Waals surface area (Å²) in [7, 11) is 0. The van der Waals surface area contributed by atoms with Crippen LogP contribution in [-0.2, 0) is 0 Å². The van der Waals surface area contributed by atoms with Crippen molar-refractivity contribution in [3.05, 3.63) is 0 Å². The van der Waals surface area contributed by atoms with Crippen molar-refractivity contribution in [1.29, 1.82) is 0 Å². The molecule has 2 heteroatoms. The highest BCUT2D eigenvalue weighted by molar-refractivity contribution is 4.98. The molecule has 2 saturated carbocycles. The third kappa shape index (κ3) is 2.12. The van der Waals surface area contributed by atoms with Crippen LogP contribution in [-0.4, -0.2) is 36.6 Å². The van der Waals surface area contributed by atoms with E-state index in [2.05, 4.69) is 24.1 Å². The molecule has 2 aliphatic carbocycles. The second-order valence-electron chi connectivity index (χ2n) is 6.99. The fourth-order valence-electron chi connectivity index (χ4n) is 5.00. The Hall–Kier alpha value is -0.0800. The van der Waals surface area contributed by atoms with E-state index in [9.17, 15) is 0 Å². The Balaban J connectivity index is 1.66. The number of rotatable bonds is 4. The molecule has 1 aliphatic heterocycles. The van der Waals surface area contributed by atoms with Gasteiger partial charge in [-0.3, -0.25) is 4.90 Å². The Morgan fingerprint density at radius 2 is 2.00 bits per heavy atom. The van der Waals surface area contributed by atoms with Crippen molar-refractivity contribution < 1.29 is 0 Å². The molecule has 0 aromatic heterocycles. The van der Waals surface area contributed by atoms with Crippen molar-refractivity contribution in [2.75, 3.05) is 26.2 Å². The van der Waals surface area contributed by atoms with Crippen LogP contribution in [0, 0.1) is 17.8 Å². The highest BCUT2D eigenvalue weighted by Crippen LogP contribution is 2.49. The summed E-state index contributed by atoms with van der Waals surface area (Å²) in [5.41, 5.74) is 0.458. The Kier molecular flexibility index (Phi) is 3.68. The van der Waals surface area contributed by atoms with Crippen LogP contribution in [0.15, 0.2) is 0 Å². The van der Waals surface area contributed by atoms with Crippen LogP contribution in [0.25, 0.3) is 0 Å². The van der Waals surface area contributed by atoms with Gasteiger partial charge in [0.1, 0.15) is 0 Å². The van der Waals surface area contributed by atoms with Gasteiger partial charge in [0.25, 0.3) is 0 Å². The van der Waals surface area contributed by atoms with E-state index < -0.39 is 0 Å². The molecular formula is C16H30N2. The minimum atomic E-state index is 0.458. The Morgan fingerprint density at radius 3 is 2.61 bits per heavy atom. The summed E-state index contributed by atoms with van der Waals surface area (Å²) in [5.74, 6) is 3.20. The maximum absolute atomic E-state index is 3.62. The van der Waals surface area contributed by atoms with Crippen molar-refractivity contribution in [3.8, 4) is 0 Å². The van der Waals surface area contributed by atoms with Crippen molar-refractivity contribution in [1.82, 2.24) is 10.2 Å². The first-order chi connectivity index (χ1) is 8.77. The predicted molar refractivity (Wildman–Crippen MR) is 76.7 cm³/mol. The fourth-order valence-corrected chi connectivity index (χ4v) is 5.00. The predicted octanol–water partition coefficient (Wildman–Crippen LogP) is 2.89. The Bertz CT molecular complexity index is 285. The highest BCUT2D eigenvalue weighted by Gasteiger charge is 2.43. The largest absolute Gasteiger partial charge is 0.314 e. The van der Waals surface area contributed by atoms with E-state index >= 15 is 0 Å². The van der Waals surface area contributed by atoms with Crippen LogP contribution < -0.4 is 5.32 Å². The van der Waals surface area contributed by atoms with Gasteiger partial charge in [-0.2, -0.15) is 0 Å². The fraction of sp³-hybridized carbons (Fsp3) is 1.00. The van der Waals surface area contributed by atoms with Crippen LogP contribution in [0.3, 0.4) is 0 Å². The number of nitrogens with zero attached hydrogens (tertiary/aromatic N) is 1. The molecule has 0 radical (unpaired) electrons. The van der Waals surface area contributed by atoms with E-state index in [0.29, 0.717) is 5.54 Å². The summed E-state index contributed by atoms with van der Waals surface area (Å²) in [6.45, 7) is 9.83. The number of piperazine rings is 1. The van der Waals surface area contributed by atoms with Gasteiger partial charge < -0.3 is 5.32 Å². The third-order valence-electron chi connectivity index (χ3n) is 6.34. The summed E-state index contributed by atoms with van der Waals surface area (Å²) in [5, 5.41) is 3.62. The highest BCUT2D eigenvalue weighted by atomic mass is 15.3. The zero-order chi connectivity index (χ0) is 12.6. The first-order valence-corrected chi connectivity index (χ1v) is 8.23. The number of fused-ring (bicyclic) bond motifs is 2. The molecule has 3 fully saturated rings. The van der Waals surface area contributed by atoms with Crippen LogP contribution in [0.1, 0.15) is 52.4 Å². The summed E-state index contributed by atoms with van der Waals surface area (Å²) < 4.78 is 0. The molecule has 1 saturated heterocycles. The molecule has 3 unspecified atom stereocenters. The number of hydrogen-bond donors (Lipinski definition) is 1. The second-order valence-corrected chi connectivity index (χ2v) is 6.99. The van der Waals surface area contributed by atoms with E-state index in [1.165, 1.54) is 58.3 Å². The minimum Gasteiger partial charge on any atom is -0.314 e. The van der Waals surface area contributed by atoms with Gasteiger partial charge in [0, 0.05) is 31.7 Å². The quantitative estimate of drug-likeness (QED) is 0.825. The molecule has 18 heavy (non-hydrogen) atoms. The summed E-state index contributed by atoms with van der Waals surface area (Å²) in [6.07, 6.45) is 8.77. The number of nitrogens with one attached hydrogen (secondary N) is 1. The SMILES string of the molecule is CCC1(CC)CNCCN1CC1CC2CCC1C2. The van der Waals surface area contributed by atoms with E-state index in [1.54, 1.807) is 6.42 Å². The lowest BCUT2D eigenvalue weighted by atomic mass is 9.84. The average molecular weight is 250 g/mol. The second kappa shape index (κ2) is 5.13. The molecule has 0 aromatic rings. The van der Waals surface area contributed by atoms with Crippen LogP contribution >= 0.6 is 0 Å². The summed E-state index contributed by atoms with van der Waals surface area (Å²) in [4.78, 5) is 2.86. The van der Waals surface area contributed by atoms with Gasteiger partial charge in [-0.25, -0.2) is 0 Å². The van der Waals surface area contributed by atoms with Gasteiger partial charge >= 0.3 is 0 Å². The molecule has 2 bridgehead atoms. The standard InChI is InChI=1S/C16H30N2/c1-3-16(4-2)12-17-7-8-18(16)11-15-10-13-5-6-14(15)9-13/h13-15,17H,3-12H2,1-2H3. The van der Waals surface area contributed by atoms with Crippen molar-refractivity contribution in [2.24, 2.45) is 17.8 Å². The van der Waals surface area contributed by atoms with Gasteiger partial charge in [-0.15, -0.1) is 0 Å². The first-order valence-electron chi connectivity index (χ1n) is 8.23. The van der Waals surface area contributed by atoms with Crippen molar-refractivity contribution >= 4 is 0 Å². The molecule has 104 valence electrons. The van der Waals surface area contributed by atoms with E-state index in [-0.39, 0.29) is 0 Å². The van der Waals surface area contributed by atoms with E-state index in [0.717, 1.165) is 17.8 Å². The Labute approximate surface area is 113 Å². The van der Waals surface area contributed by atoms with Gasteiger partial charge in [0.05, 0.1) is 0 Å². The lowest BCUT2D eigenvalue weighted by Gasteiger charge is -2.48. The van der Waals surface area contributed by atoms with E-state index in [4.69, 9.17) is 0 Å². The molecule has 2 nitrogen and oxygen atoms in total. The molecule has 1 N–H and O–H groups in total. The van der Waals surface area contributed by atoms with Crippen LogP contribution in [0.5, 0.6) is 0 Å². The van der Waals surface area contributed by atoms with Gasteiger partial charge in [0.15, 0.2) is 0 Å². The van der Waals surface area contributed by atoms with Gasteiger partial charge in [-0.05, 0) is 49.9 Å². The normalized spacial score (nSPS) is 39.3. The van der Waals surface area contributed by atoms with Crippen molar-refractivity contribution in [2.45, 2.75) is 57.9 Å². The lowest BCUT2D eigenvalue weighted by molar-refractivity contribution is 0.0292. The molecule has 3 atom stereocenters. The maximum Gasteiger partial charge on any atom is 0.0329 e. The van der Waals surface area contributed by atoms with Crippen LogP contribution in [0.2, 0.25) is 0 Å². The molecule has 3 rings (SSSR count). The molecule has 0 amide bonds. The zero-order valence-electron chi connectivity index (χ0n) is 12.3. The monoisotopic (exact) mass is 250 g/mol. The first kappa shape index (κ1) is 12.9. The molecule has 0 aromatic carbocycles. The molecule has 3 aliphatic rings. The van der Waals surface area contributed by atoms with E-state index in [1.807, 2.05) is 0 Å². The van der Waals surface area contributed by atoms with Gasteiger partial charge in [-0.1, -0.05) is 20.3 Å². The lowest BCUT2D eigenvalue weighted by Crippen LogP contribution is -2.61. The van der Waals surface area contributed by atoms with Crippen LogP contribution in [0.4, 0.5) is 0 Å². The molecular weight excluding hydrogens is 220 g/mol.